The van der Waals surface area contributed by atoms with Gasteiger partial charge < -0.3 is 15.0 Å². The molecule has 2 amide bonds. The maximum Gasteiger partial charge on any atom is 0.416 e. The number of carbonyl (C=O) groups excluding carboxylic acids is 2. The average Bonchev–Trinajstić information content (AvgIpc) is 2.57. The van der Waals surface area contributed by atoms with E-state index in [4.69, 9.17) is 4.74 Å². The zero-order valence-electron chi connectivity index (χ0n) is 15.3. The highest BCUT2D eigenvalue weighted by molar-refractivity contribution is 6.02. The number of amides is 2. The molecule has 1 unspecified atom stereocenters. The van der Waals surface area contributed by atoms with Crippen molar-refractivity contribution in [1.29, 1.82) is 0 Å². The van der Waals surface area contributed by atoms with Crippen LogP contribution in [0.15, 0.2) is 12.1 Å². The van der Waals surface area contributed by atoms with Gasteiger partial charge in [-0.15, -0.1) is 0 Å². The number of hydrogen-bond donors (Lipinski definition) is 1. The molecular formula is C18H23F3N2O3. The topological polar surface area (TPSA) is 58.6 Å². The van der Waals surface area contributed by atoms with E-state index >= 15 is 0 Å². The normalized spacial score (nSPS) is 19.8. The number of nitrogens with one attached hydrogen (secondary N) is 1. The van der Waals surface area contributed by atoms with Crippen molar-refractivity contribution in [2.24, 2.45) is 0 Å². The largest absolute Gasteiger partial charge is 0.476 e. The van der Waals surface area contributed by atoms with Crippen LogP contribution < -0.4 is 15.0 Å². The van der Waals surface area contributed by atoms with Crippen LogP contribution in [0.5, 0.6) is 5.75 Å². The highest BCUT2D eigenvalue weighted by atomic mass is 19.4. The molecule has 1 aromatic rings. The van der Waals surface area contributed by atoms with Gasteiger partial charge in [0.2, 0.25) is 5.91 Å². The standard InChI is InChI=1S/C18H23F3N2O3/c1-5-15(24)22-7-8-23-13-9-11(3)12(18(19,20)21)10-14(13)26-17(4,6-2)16(23)25/h9-10H,5-8H2,1-4H3,(H,22,24). The van der Waals surface area contributed by atoms with Crippen LogP contribution in [0.2, 0.25) is 0 Å². The monoisotopic (exact) mass is 372 g/mol. The first-order valence-electron chi connectivity index (χ1n) is 8.53. The summed E-state index contributed by atoms with van der Waals surface area (Å²) >= 11 is 0. The van der Waals surface area contributed by atoms with Crippen molar-refractivity contribution in [3.8, 4) is 5.75 Å². The fourth-order valence-corrected chi connectivity index (χ4v) is 2.83. The Kier molecular flexibility index (Phi) is 5.53. The molecule has 5 nitrogen and oxygen atoms in total. The van der Waals surface area contributed by atoms with Gasteiger partial charge in [-0.2, -0.15) is 13.2 Å². The maximum atomic E-state index is 13.2. The third-order valence-corrected chi connectivity index (χ3v) is 4.59. The number of hydrogen-bond acceptors (Lipinski definition) is 3. The van der Waals surface area contributed by atoms with Gasteiger partial charge in [0.25, 0.3) is 5.91 Å². The van der Waals surface area contributed by atoms with E-state index in [9.17, 15) is 22.8 Å². The lowest BCUT2D eigenvalue weighted by molar-refractivity contribution is -0.138. The molecule has 0 radical (unpaired) electrons. The fraction of sp³-hybridized carbons (Fsp3) is 0.556. The SMILES string of the molecule is CCC(=O)NCCN1C(=O)C(C)(CC)Oc2cc(C(F)(F)F)c(C)cc21. The Bertz CT molecular complexity index is 718. The quantitative estimate of drug-likeness (QED) is 0.862. The van der Waals surface area contributed by atoms with Crippen molar-refractivity contribution < 1.29 is 27.5 Å². The molecule has 8 heteroatoms. The highest BCUT2D eigenvalue weighted by Gasteiger charge is 2.44. The van der Waals surface area contributed by atoms with E-state index in [1.165, 1.54) is 17.9 Å². The minimum absolute atomic E-state index is 0.00958. The average molecular weight is 372 g/mol. The summed E-state index contributed by atoms with van der Waals surface area (Å²) < 4.78 is 45.3. The molecule has 26 heavy (non-hydrogen) atoms. The van der Waals surface area contributed by atoms with Crippen molar-refractivity contribution in [3.05, 3.63) is 23.3 Å². The van der Waals surface area contributed by atoms with Gasteiger partial charge in [-0.05, 0) is 38.0 Å². The third kappa shape index (κ3) is 3.78. The number of aryl methyl sites for hydroxylation is 1. The molecule has 1 atom stereocenters. The fourth-order valence-electron chi connectivity index (χ4n) is 2.83. The minimum atomic E-state index is -4.51. The summed E-state index contributed by atoms with van der Waals surface area (Å²) in [5.41, 5.74) is -1.74. The summed E-state index contributed by atoms with van der Waals surface area (Å²) in [6.45, 7) is 6.71. The first-order chi connectivity index (χ1) is 12.0. The third-order valence-electron chi connectivity index (χ3n) is 4.59. The molecule has 144 valence electrons. The van der Waals surface area contributed by atoms with Gasteiger partial charge in [0.1, 0.15) is 5.75 Å². The van der Waals surface area contributed by atoms with Crippen molar-refractivity contribution in [3.63, 3.8) is 0 Å². The summed E-state index contributed by atoms with van der Waals surface area (Å²) in [5, 5.41) is 2.67. The molecule has 0 bridgehead atoms. The first kappa shape index (κ1) is 20.1. The summed E-state index contributed by atoms with van der Waals surface area (Å²) in [7, 11) is 0. The van der Waals surface area contributed by atoms with Crippen LogP contribution in [0.3, 0.4) is 0 Å². The number of carbonyl (C=O) groups is 2. The maximum absolute atomic E-state index is 13.2. The van der Waals surface area contributed by atoms with Crippen LogP contribution in [0.25, 0.3) is 0 Å². The van der Waals surface area contributed by atoms with E-state index in [0.29, 0.717) is 12.8 Å². The van der Waals surface area contributed by atoms with Crippen LogP contribution in [-0.4, -0.2) is 30.5 Å². The molecule has 0 spiro atoms. The lowest BCUT2D eigenvalue weighted by Gasteiger charge is -2.41. The van der Waals surface area contributed by atoms with Crippen LogP contribution in [0.1, 0.15) is 44.7 Å². The number of nitrogens with zero attached hydrogens (tertiary/aromatic N) is 1. The van der Waals surface area contributed by atoms with Crippen molar-refractivity contribution >= 4 is 17.5 Å². The number of ether oxygens (including phenoxy) is 1. The zero-order chi connectivity index (χ0) is 19.7. The predicted octanol–water partition coefficient (Wildman–Crippen LogP) is 3.43. The molecular weight excluding hydrogens is 349 g/mol. The van der Waals surface area contributed by atoms with Gasteiger partial charge in [0.05, 0.1) is 11.3 Å². The summed E-state index contributed by atoms with van der Waals surface area (Å²) in [6.07, 6.45) is -3.89. The Balaban J connectivity index is 2.44. The van der Waals surface area contributed by atoms with Crippen molar-refractivity contribution in [2.45, 2.75) is 52.3 Å². The van der Waals surface area contributed by atoms with Gasteiger partial charge >= 0.3 is 6.18 Å². The van der Waals surface area contributed by atoms with Crippen molar-refractivity contribution in [1.82, 2.24) is 5.32 Å². The molecule has 2 rings (SSSR count). The first-order valence-corrected chi connectivity index (χ1v) is 8.53. The molecule has 1 aromatic carbocycles. The van der Waals surface area contributed by atoms with Crippen LogP contribution >= 0.6 is 0 Å². The molecule has 0 saturated carbocycles. The Labute approximate surface area is 150 Å². The molecule has 1 aliphatic heterocycles. The minimum Gasteiger partial charge on any atom is -0.476 e. The molecule has 1 N–H and O–H groups in total. The van der Waals surface area contributed by atoms with Gasteiger partial charge in [-0.3, -0.25) is 9.59 Å². The van der Waals surface area contributed by atoms with E-state index in [0.717, 1.165) is 6.07 Å². The van der Waals surface area contributed by atoms with Crippen molar-refractivity contribution in [2.75, 3.05) is 18.0 Å². The molecule has 0 aliphatic carbocycles. The number of anilines is 1. The molecule has 1 heterocycles. The summed E-state index contributed by atoms with van der Waals surface area (Å²) in [6, 6.07) is 2.26. The number of halogens is 3. The summed E-state index contributed by atoms with van der Waals surface area (Å²) in [5.74, 6) is -0.473. The van der Waals surface area contributed by atoms with E-state index in [2.05, 4.69) is 5.32 Å². The van der Waals surface area contributed by atoms with E-state index in [-0.39, 0.29) is 41.9 Å². The van der Waals surface area contributed by atoms with Gasteiger partial charge in [0, 0.05) is 19.5 Å². The molecule has 1 aliphatic rings. The number of rotatable bonds is 5. The summed E-state index contributed by atoms with van der Waals surface area (Å²) in [4.78, 5) is 25.6. The lowest BCUT2D eigenvalue weighted by atomic mass is 9.96. The number of fused-ring (bicyclic) bond motifs is 1. The molecule has 0 fully saturated rings. The Morgan fingerprint density at radius 2 is 1.96 bits per heavy atom. The Morgan fingerprint density at radius 1 is 1.31 bits per heavy atom. The Morgan fingerprint density at radius 3 is 2.50 bits per heavy atom. The predicted molar refractivity (Wildman–Crippen MR) is 91.2 cm³/mol. The zero-order valence-corrected chi connectivity index (χ0v) is 15.3. The van der Waals surface area contributed by atoms with E-state index in [1.807, 2.05) is 0 Å². The molecule has 0 aromatic heterocycles. The van der Waals surface area contributed by atoms with Crippen LogP contribution in [0, 0.1) is 6.92 Å². The second kappa shape index (κ2) is 7.17. The van der Waals surface area contributed by atoms with Gasteiger partial charge in [-0.25, -0.2) is 0 Å². The van der Waals surface area contributed by atoms with Crippen LogP contribution in [-0.2, 0) is 15.8 Å². The lowest BCUT2D eigenvalue weighted by Crippen LogP contribution is -2.55. The van der Waals surface area contributed by atoms with E-state index in [1.54, 1.807) is 20.8 Å². The van der Waals surface area contributed by atoms with Gasteiger partial charge in [0.15, 0.2) is 5.60 Å². The highest BCUT2D eigenvalue weighted by Crippen LogP contribution is 2.44. The second-order valence-electron chi connectivity index (χ2n) is 6.48. The van der Waals surface area contributed by atoms with Gasteiger partial charge in [-0.1, -0.05) is 13.8 Å². The Hall–Kier alpha value is -2.25. The van der Waals surface area contributed by atoms with E-state index < -0.39 is 17.3 Å². The smallest absolute Gasteiger partial charge is 0.416 e. The number of benzene rings is 1. The van der Waals surface area contributed by atoms with Crippen LogP contribution in [0.4, 0.5) is 18.9 Å². The molecule has 0 saturated heterocycles. The second-order valence-corrected chi connectivity index (χ2v) is 6.48. The number of alkyl halides is 3.